The maximum atomic E-state index is 13.6. The number of aromatic hydroxyl groups is 1. The molecule has 1 nitrogen and oxygen atoms in total. The minimum absolute atomic E-state index is 0.345. The van der Waals surface area contributed by atoms with Crippen LogP contribution in [0.3, 0.4) is 0 Å². The highest BCUT2D eigenvalue weighted by atomic mass is 19.4. The summed E-state index contributed by atoms with van der Waals surface area (Å²) in [5.41, 5.74) is -3.28. The van der Waals surface area contributed by atoms with Gasteiger partial charge in [0.2, 0.25) is 11.6 Å². The van der Waals surface area contributed by atoms with E-state index in [9.17, 15) is 30.7 Å². The van der Waals surface area contributed by atoms with Gasteiger partial charge in [-0.15, -0.1) is 0 Å². The lowest BCUT2D eigenvalue weighted by atomic mass is 10.0. The maximum Gasteiger partial charge on any atom is 0.416 e. The Morgan fingerprint density at radius 2 is 1.33 bits per heavy atom. The maximum absolute atomic E-state index is 13.6. The normalized spacial score (nSPS) is 11.8. The Bertz CT molecular complexity index is 677. The van der Waals surface area contributed by atoms with Crippen LogP contribution in [0.1, 0.15) is 5.56 Å². The minimum Gasteiger partial charge on any atom is -0.503 e. The SMILES string of the molecule is Oc1c(F)c(F)c(-c2cccc(C(F)(F)F)c2)c(F)c1F. The molecule has 0 saturated carbocycles. The van der Waals surface area contributed by atoms with Crippen molar-refractivity contribution in [3.63, 3.8) is 0 Å². The third kappa shape index (κ3) is 2.53. The van der Waals surface area contributed by atoms with Crippen LogP contribution >= 0.6 is 0 Å². The fourth-order valence-electron chi connectivity index (χ4n) is 1.72. The Kier molecular flexibility index (Phi) is 3.56. The van der Waals surface area contributed by atoms with Gasteiger partial charge in [-0.3, -0.25) is 0 Å². The minimum atomic E-state index is -4.79. The lowest BCUT2D eigenvalue weighted by molar-refractivity contribution is -0.137. The zero-order valence-electron chi connectivity index (χ0n) is 9.90. The van der Waals surface area contributed by atoms with Crippen molar-refractivity contribution < 1.29 is 35.8 Å². The van der Waals surface area contributed by atoms with E-state index in [4.69, 9.17) is 5.11 Å². The lowest BCUT2D eigenvalue weighted by Gasteiger charge is -2.11. The highest BCUT2D eigenvalue weighted by molar-refractivity contribution is 5.67. The summed E-state index contributed by atoms with van der Waals surface area (Å²) >= 11 is 0. The Balaban J connectivity index is 2.74. The van der Waals surface area contributed by atoms with Crippen LogP contribution in [0.5, 0.6) is 5.75 Å². The molecule has 0 amide bonds. The van der Waals surface area contributed by atoms with Crippen LogP contribution in [0.2, 0.25) is 0 Å². The molecule has 0 fully saturated rings. The molecule has 0 spiro atoms. The second-order valence-corrected chi connectivity index (χ2v) is 4.06. The second-order valence-electron chi connectivity index (χ2n) is 4.06. The number of phenolic OH excluding ortho intramolecular Hbond substituents is 1. The molecule has 0 aliphatic rings. The van der Waals surface area contributed by atoms with E-state index in [1.807, 2.05) is 0 Å². The van der Waals surface area contributed by atoms with Crippen LogP contribution in [0.15, 0.2) is 24.3 Å². The number of hydrogen-bond donors (Lipinski definition) is 1. The number of benzene rings is 2. The number of rotatable bonds is 1. The summed E-state index contributed by atoms with van der Waals surface area (Å²) in [7, 11) is 0. The first-order chi connectivity index (χ1) is 9.64. The van der Waals surface area contributed by atoms with E-state index >= 15 is 0 Å². The average molecular weight is 310 g/mol. The molecule has 0 aromatic heterocycles. The van der Waals surface area contributed by atoms with Crippen LogP contribution < -0.4 is 0 Å². The summed E-state index contributed by atoms with van der Waals surface area (Å²) in [5.74, 6) is -10.0. The van der Waals surface area contributed by atoms with E-state index in [2.05, 4.69) is 0 Å². The quantitative estimate of drug-likeness (QED) is 0.601. The number of alkyl halides is 3. The van der Waals surface area contributed by atoms with Gasteiger partial charge in [-0.1, -0.05) is 12.1 Å². The lowest BCUT2D eigenvalue weighted by Crippen LogP contribution is -2.06. The molecule has 0 bridgehead atoms. The Labute approximate surface area is 113 Å². The fourth-order valence-corrected chi connectivity index (χ4v) is 1.72. The number of hydrogen-bond acceptors (Lipinski definition) is 1. The number of halogens is 7. The standard InChI is InChI=1S/C13H5F7O/c14-8-7(9(15)11(17)12(21)10(8)16)5-2-1-3-6(4-5)13(18,19)20/h1-4,21H. The van der Waals surface area contributed by atoms with E-state index in [0.29, 0.717) is 12.1 Å². The first-order valence-corrected chi connectivity index (χ1v) is 5.37. The van der Waals surface area contributed by atoms with E-state index in [1.165, 1.54) is 0 Å². The third-order valence-electron chi connectivity index (χ3n) is 2.72. The zero-order valence-corrected chi connectivity index (χ0v) is 9.90. The molecular formula is C13H5F7O. The van der Waals surface area contributed by atoms with E-state index in [0.717, 1.165) is 12.1 Å². The van der Waals surface area contributed by atoms with Crippen molar-refractivity contribution in [1.29, 1.82) is 0 Å². The molecule has 2 aromatic rings. The Morgan fingerprint density at radius 1 is 0.810 bits per heavy atom. The van der Waals surface area contributed by atoms with Gasteiger partial charge in [0, 0.05) is 0 Å². The van der Waals surface area contributed by atoms with Crippen LogP contribution in [-0.4, -0.2) is 5.11 Å². The Morgan fingerprint density at radius 3 is 1.81 bits per heavy atom. The summed E-state index contributed by atoms with van der Waals surface area (Å²) in [5, 5.41) is 8.81. The van der Waals surface area contributed by atoms with Gasteiger partial charge in [0.25, 0.3) is 0 Å². The molecule has 8 heteroatoms. The predicted octanol–water partition coefficient (Wildman–Crippen LogP) is 4.63. The summed E-state index contributed by atoms with van der Waals surface area (Å²) in [6.07, 6.45) is -4.79. The monoisotopic (exact) mass is 310 g/mol. The molecule has 1 N–H and O–H groups in total. The van der Waals surface area contributed by atoms with Crippen LogP contribution in [-0.2, 0) is 6.18 Å². The molecule has 0 radical (unpaired) electrons. The molecule has 112 valence electrons. The van der Waals surface area contributed by atoms with E-state index in [1.54, 1.807) is 0 Å². The predicted molar refractivity (Wildman–Crippen MR) is 58.4 cm³/mol. The molecule has 0 aliphatic carbocycles. The van der Waals surface area contributed by atoms with E-state index < -0.39 is 51.9 Å². The number of phenols is 1. The van der Waals surface area contributed by atoms with Gasteiger partial charge in [-0.05, 0) is 17.7 Å². The largest absolute Gasteiger partial charge is 0.503 e. The summed E-state index contributed by atoms with van der Waals surface area (Å²) in [6.45, 7) is 0. The molecule has 0 heterocycles. The smallest absolute Gasteiger partial charge is 0.416 e. The molecule has 0 unspecified atom stereocenters. The van der Waals surface area contributed by atoms with Crippen molar-refractivity contribution in [3.05, 3.63) is 53.1 Å². The molecule has 0 aliphatic heterocycles. The van der Waals surface area contributed by atoms with Gasteiger partial charge in [0.1, 0.15) is 0 Å². The van der Waals surface area contributed by atoms with Crippen molar-refractivity contribution in [3.8, 4) is 16.9 Å². The topological polar surface area (TPSA) is 20.2 Å². The summed E-state index contributed by atoms with van der Waals surface area (Å²) in [6, 6.07) is 2.66. The van der Waals surface area contributed by atoms with Crippen molar-refractivity contribution in [1.82, 2.24) is 0 Å². The molecule has 2 aromatic carbocycles. The molecule has 0 atom stereocenters. The highest BCUT2D eigenvalue weighted by Gasteiger charge is 2.32. The Hall–Kier alpha value is -2.25. The first-order valence-electron chi connectivity index (χ1n) is 5.37. The van der Waals surface area contributed by atoms with Gasteiger partial charge in [-0.25, -0.2) is 8.78 Å². The molecule has 2 rings (SSSR count). The van der Waals surface area contributed by atoms with Gasteiger partial charge in [0.15, 0.2) is 17.4 Å². The average Bonchev–Trinajstić information content (AvgIpc) is 2.43. The first kappa shape index (κ1) is 15.1. The third-order valence-corrected chi connectivity index (χ3v) is 2.72. The van der Waals surface area contributed by atoms with Crippen LogP contribution in [0.25, 0.3) is 11.1 Å². The van der Waals surface area contributed by atoms with Crippen molar-refractivity contribution in [2.24, 2.45) is 0 Å². The van der Waals surface area contributed by atoms with Crippen molar-refractivity contribution in [2.45, 2.75) is 6.18 Å². The molecular weight excluding hydrogens is 305 g/mol. The van der Waals surface area contributed by atoms with Crippen LogP contribution in [0, 0.1) is 23.3 Å². The van der Waals surface area contributed by atoms with Gasteiger partial charge < -0.3 is 5.11 Å². The van der Waals surface area contributed by atoms with Gasteiger partial charge in [-0.2, -0.15) is 22.0 Å². The van der Waals surface area contributed by atoms with Gasteiger partial charge in [0.05, 0.1) is 11.1 Å². The fraction of sp³-hybridized carbons (Fsp3) is 0.0769. The second kappa shape index (κ2) is 4.94. The summed E-state index contributed by atoms with van der Waals surface area (Å²) in [4.78, 5) is 0. The van der Waals surface area contributed by atoms with Gasteiger partial charge >= 0.3 is 6.18 Å². The van der Waals surface area contributed by atoms with Crippen molar-refractivity contribution >= 4 is 0 Å². The van der Waals surface area contributed by atoms with Crippen molar-refractivity contribution in [2.75, 3.05) is 0 Å². The van der Waals surface area contributed by atoms with Crippen LogP contribution in [0.4, 0.5) is 30.7 Å². The molecule has 0 saturated heterocycles. The van der Waals surface area contributed by atoms with E-state index in [-0.39, 0.29) is 0 Å². The molecule has 21 heavy (non-hydrogen) atoms. The zero-order chi connectivity index (χ0) is 15.9. The highest BCUT2D eigenvalue weighted by Crippen LogP contribution is 2.37. The summed E-state index contributed by atoms with van der Waals surface area (Å²) < 4.78 is 91.2.